The molecule has 0 aliphatic rings. The van der Waals surface area contributed by atoms with Crippen LogP contribution < -0.4 is 0 Å². The van der Waals surface area contributed by atoms with Crippen LogP contribution in [-0.4, -0.2) is 11.7 Å². The van der Waals surface area contributed by atoms with Gasteiger partial charge in [0, 0.05) is 6.61 Å². The van der Waals surface area contributed by atoms with Crippen LogP contribution in [0.4, 0.5) is 0 Å². The van der Waals surface area contributed by atoms with E-state index in [-0.39, 0.29) is 6.61 Å². The van der Waals surface area contributed by atoms with Crippen LogP contribution in [0.1, 0.15) is 50.5 Å². The Morgan fingerprint density at radius 3 is 2.56 bits per heavy atom. The molecule has 3 heteroatoms. The van der Waals surface area contributed by atoms with Crippen LogP contribution in [-0.2, 0) is 18.0 Å². The number of aliphatic hydroxyl groups is 1. The van der Waals surface area contributed by atoms with E-state index in [0.717, 1.165) is 18.8 Å². The molecule has 0 aliphatic heterocycles. The third-order valence-corrected chi connectivity index (χ3v) is 2.51. The zero-order valence-electron chi connectivity index (χ0n) is 10.1. The van der Waals surface area contributed by atoms with Crippen LogP contribution >= 0.6 is 0 Å². The highest BCUT2D eigenvalue weighted by molar-refractivity contribution is 5.05. The fraction of sp³-hybridized carbons (Fsp3) is 0.692. The van der Waals surface area contributed by atoms with Gasteiger partial charge in [0.2, 0.25) is 0 Å². The smallest absolute Gasteiger partial charge is 0.129 e. The molecular weight excluding hydrogens is 204 g/mol. The molecule has 16 heavy (non-hydrogen) atoms. The van der Waals surface area contributed by atoms with E-state index in [9.17, 15) is 0 Å². The summed E-state index contributed by atoms with van der Waals surface area (Å²) in [6.45, 7) is 3.47. The quantitative estimate of drug-likeness (QED) is 0.657. The summed E-state index contributed by atoms with van der Waals surface area (Å²) in [5.41, 5.74) is 0. The Bertz CT molecular complexity index is 268. The molecule has 1 heterocycles. The SMILES string of the molecule is CCCCCCCOCc1ccc(CO)o1. The fourth-order valence-electron chi connectivity index (χ4n) is 1.57. The van der Waals surface area contributed by atoms with Crippen LogP contribution in [0.3, 0.4) is 0 Å². The predicted octanol–water partition coefficient (Wildman–Crippen LogP) is 3.26. The van der Waals surface area contributed by atoms with E-state index in [1.165, 1.54) is 25.7 Å². The van der Waals surface area contributed by atoms with Gasteiger partial charge in [0.25, 0.3) is 0 Å². The first-order valence-electron chi connectivity index (χ1n) is 6.13. The average Bonchev–Trinajstić information content (AvgIpc) is 2.76. The Morgan fingerprint density at radius 1 is 1.12 bits per heavy atom. The molecule has 0 saturated heterocycles. The molecule has 0 aromatic carbocycles. The van der Waals surface area contributed by atoms with Crippen molar-refractivity contribution in [1.82, 2.24) is 0 Å². The second-order valence-corrected chi connectivity index (χ2v) is 3.99. The lowest BCUT2D eigenvalue weighted by Gasteiger charge is -2.02. The van der Waals surface area contributed by atoms with Crippen molar-refractivity contribution in [3.8, 4) is 0 Å². The molecule has 1 aromatic heterocycles. The largest absolute Gasteiger partial charge is 0.461 e. The maximum Gasteiger partial charge on any atom is 0.129 e. The van der Waals surface area contributed by atoms with Crippen molar-refractivity contribution in [2.24, 2.45) is 0 Å². The Hall–Kier alpha value is -0.800. The fourth-order valence-corrected chi connectivity index (χ4v) is 1.57. The van der Waals surface area contributed by atoms with Crippen LogP contribution in [0.25, 0.3) is 0 Å². The minimum Gasteiger partial charge on any atom is -0.461 e. The van der Waals surface area contributed by atoms with E-state index in [1.807, 2.05) is 6.07 Å². The molecule has 1 rings (SSSR count). The minimum absolute atomic E-state index is 0.0446. The first-order chi connectivity index (χ1) is 7.86. The molecule has 92 valence electrons. The van der Waals surface area contributed by atoms with Gasteiger partial charge in [-0.05, 0) is 18.6 Å². The van der Waals surface area contributed by atoms with Crippen molar-refractivity contribution < 1.29 is 14.3 Å². The summed E-state index contributed by atoms with van der Waals surface area (Å²) in [7, 11) is 0. The van der Waals surface area contributed by atoms with E-state index in [2.05, 4.69) is 6.92 Å². The predicted molar refractivity (Wildman–Crippen MR) is 63.0 cm³/mol. The lowest BCUT2D eigenvalue weighted by atomic mass is 10.2. The van der Waals surface area contributed by atoms with Crippen LogP contribution in [0.5, 0.6) is 0 Å². The standard InChI is InChI=1S/C13H22O3/c1-2-3-4-5-6-9-15-11-13-8-7-12(10-14)16-13/h7-8,14H,2-6,9-11H2,1H3. The lowest BCUT2D eigenvalue weighted by Crippen LogP contribution is -1.94. The topological polar surface area (TPSA) is 42.6 Å². The summed E-state index contributed by atoms with van der Waals surface area (Å²) in [6.07, 6.45) is 6.26. The van der Waals surface area contributed by atoms with Crippen molar-refractivity contribution >= 4 is 0 Å². The van der Waals surface area contributed by atoms with E-state index in [0.29, 0.717) is 12.4 Å². The van der Waals surface area contributed by atoms with Gasteiger partial charge in [0.05, 0.1) is 0 Å². The third kappa shape index (κ3) is 5.33. The molecule has 1 aromatic rings. The summed E-state index contributed by atoms with van der Waals surface area (Å²) >= 11 is 0. The molecular formula is C13H22O3. The monoisotopic (exact) mass is 226 g/mol. The molecule has 0 aliphatic carbocycles. The van der Waals surface area contributed by atoms with Gasteiger partial charge in [-0.2, -0.15) is 0 Å². The number of furan rings is 1. The Balaban J connectivity index is 1.98. The van der Waals surface area contributed by atoms with Crippen molar-refractivity contribution in [3.05, 3.63) is 23.7 Å². The first kappa shape index (κ1) is 13.3. The zero-order valence-corrected chi connectivity index (χ0v) is 10.1. The Kier molecular flexibility index (Phi) is 6.93. The van der Waals surface area contributed by atoms with Gasteiger partial charge in [-0.3, -0.25) is 0 Å². The summed E-state index contributed by atoms with van der Waals surface area (Å²) in [5, 5.41) is 8.81. The molecule has 3 nitrogen and oxygen atoms in total. The molecule has 0 spiro atoms. The van der Waals surface area contributed by atoms with Gasteiger partial charge >= 0.3 is 0 Å². The summed E-state index contributed by atoms with van der Waals surface area (Å²) in [5.74, 6) is 1.39. The van der Waals surface area contributed by atoms with Crippen molar-refractivity contribution in [3.63, 3.8) is 0 Å². The normalized spacial score (nSPS) is 10.9. The van der Waals surface area contributed by atoms with Crippen LogP contribution in [0.2, 0.25) is 0 Å². The Labute approximate surface area is 97.4 Å². The average molecular weight is 226 g/mol. The molecule has 0 fully saturated rings. The molecule has 0 radical (unpaired) electrons. The van der Waals surface area contributed by atoms with Crippen molar-refractivity contribution in [1.29, 1.82) is 0 Å². The summed E-state index contributed by atoms with van der Waals surface area (Å²) in [6, 6.07) is 3.63. The molecule has 0 saturated carbocycles. The number of ether oxygens (including phenoxy) is 1. The van der Waals surface area contributed by atoms with Gasteiger partial charge in [-0.25, -0.2) is 0 Å². The lowest BCUT2D eigenvalue weighted by molar-refractivity contribution is 0.0997. The van der Waals surface area contributed by atoms with Gasteiger partial charge in [0.15, 0.2) is 0 Å². The highest BCUT2D eigenvalue weighted by atomic mass is 16.5. The van der Waals surface area contributed by atoms with Crippen LogP contribution in [0.15, 0.2) is 16.5 Å². The third-order valence-electron chi connectivity index (χ3n) is 2.51. The summed E-state index contributed by atoms with van der Waals surface area (Å²) < 4.78 is 10.8. The second-order valence-electron chi connectivity index (χ2n) is 3.99. The highest BCUT2D eigenvalue weighted by Crippen LogP contribution is 2.09. The van der Waals surface area contributed by atoms with Crippen molar-refractivity contribution in [2.45, 2.75) is 52.2 Å². The molecule has 1 N–H and O–H groups in total. The van der Waals surface area contributed by atoms with E-state index in [4.69, 9.17) is 14.3 Å². The number of rotatable bonds is 9. The molecule has 0 amide bonds. The van der Waals surface area contributed by atoms with E-state index in [1.54, 1.807) is 6.07 Å². The maximum atomic E-state index is 8.81. The van der Waals surface area contributed by atoms with Crippen LogP contribution in [0, 0.1) is 0 Å². The van der Waals surface area contributed by atoms with E-state index < -0.39 is 0 Å². The molecule has 0 unspecified atom stereocenters. The Morgan fingerprint density at radius 2 is 1.88 bits per heavy atom. The highest BCUT2D eigenvalue weighted by Gasteiger charge is 2.00. The number of hydrogen-bond acceptors (Lipinski definition) is 3. The number of unbranched alkanes of at least 4 members (excludes halogenated alkanes) is 4. The first-order valence-corrected chi connectivity index (χ1v) is 6.13. The number of aliphatic hydroxyl groups excluding tert-OH is 1. The van der Waals surface area contributed by atoms with Gasteiger partial charge in [0.1, 0.15) is 24.7 Å². The number of hydrogen-bond donors (Lipinski definition) is 1. The molecule has 0 bridgehead atoms. The van der Waals surface area contributed by atoms with Gasteiger partial charge in [-0.15, -0.1) is 0 Å². The zero-order chi connectivity index (χ0) is 11.6. The van der Waals surface area contributed by atoms with E-state index >= 15 is 0 Å². The van der Waals surface area contributed by atoms with Gasteiger partial charge in [-0.1, -0.05) is 32.6 Å². The van der Waals surface area contributed by atoms with Crippen molar-refractivity contribution in [2.75, 3.05) is 6.61 Å². The maximum absolute atomic E-state index is 8.81. The molecule has 0 atom stereocenters. The minimum atomic E-state index is -0.0446. The summed E-state index contributed by atoms with van der Waals surface area (Å²) in [4.78, 5) is 0. The second kappa shape index (κ2) is 8.36. The van der Waals surface area contributed by atoms with Gasteiger partial charge < -0.3 is 14.3 Å².